The Morgan fingerprint density at radius 2 is 1.59 bits per heavy atom. The molecule has 102 valence electrons. The first-order valence-corrected chi connectivity index (χ1v) is 7.12. The molecule has 0 spiro atoms. The molecule has 1 rings (SSSR count). The monoisotopic (exact) mass is 241 g/mol. The lowest BCUT2D eigenvalue weighted by Crippen LogP contribution is -2.54. The number of piperazine rings is 1. The van der Waals surface area contributed by atoms with Crippen molar-refractivity contribution in [2.75, 3.05) is 45.8 Å². The minimum atomic E-state index is 0.245. The van der Waals surface area contributed by atoms with Gasteiger partial charge in [-0.05, 0) is 26.3 Å². The van der Waals surface area contributed by atoms with Crippen molar-refractivity contribution in [2.24, 2.45) is 5.92 Å². The van der Waals surface area contributed by atoms with Gasteiger partial charge in [0.05, 0.1) is 0 Å². The molecule has 0 unspecified atom stereocenters. The zero-order valence-electron chi connectivity index (χ0n) is 12.4. The van der Waals surface area contributed by atoms with Gasteiger partial charge in [-0.1, -0.05) is 20.8 Å². The van der Waals surface area contributed by atoms with Crippen LogP contribution in [-0.4, -0.2) is 61.2 Å². The van der Waals surface area contributed by atoms with E-state index in [-0.39, 0.29) is 5.54 Å². The summed E-state index contributed by atoms with van der Waals surface area (Å²) in [4.78, 5) is 5.20. The number of rotatable bonds is 6. The average molecular weight is 241 g/mol. The van der Waals surface area contributed by atoms with E-state index in [1.165, 1.54) is 32.7 Å². The van der Waals surface area contributed by atoms with Crippen LogP contribution in [0.4, 0.5) is 0 Å². The van der Waals surface area contributed by atoms with Crippen LogP contribution >= 0.6 is 0 Å². The third-order valence-corrected chi connectivity index (χ3v) is 3.36. The van der Waals surface area contributed by atoms with Crippen LogP contribution in [0.1, 0.15) is 34.6 Å². The molecular formula is C14H31N3. The number of nitrogens with one attached hydrogen (secondary N) is 1. The average Bonchev–Trinajstić information content (AvgIpc) is 2.19. The second-order valence-electron chi connectivity index (χ2n) is 6.38. The SMILES string of the molecule is CCNC(C)(C)CN1CCN(CC(C)C)CC1. The zero-order chi connectivity index (χ0) is 12.9. The van der Waals surface area contributed by atoms with E-state index in [4.69, 9.17) is 0 Å². The molecule has 0 aliphatic carbocycles. The number of hydrogen-bond acceptors (Lipinski definition) is 3. The van der Waals surface area contributed by atoms with Gasteiger partial charge in [0.1, 0.15) is 0 Å². The van der Waals surface area contributed by atoms with E-state index < -0.39 is 0 Å². The minimum Gasteiger partial charge on any atom is -0.311 e. The van der Waals surface area contributed by atoms with E-state index in [1.807, 2.05) is 0 Å². The smallest absolute Gasteiger partial charge is 0.0252 e. The first-order chi connectivity index (χ1) is 7.93. The highest BCUT2D eigenvalue weighted by Gasteiger charge is 2.23. The fourth-order valence-corrected chi connectivity index (χ4v) is 2.74. The lowest BCUT2D eigenvalue weighted by Gasteiger charge is -2.39. The molecule has 3 nitrogen and oxygen atoms in total. The molecule has 1 fully saturated rings. The summed E-state index contributed by atoms with van der Waals surface area (Å²) in [5, 5.41) is 3.56. The minimum absolute atomic E-state index is 0.245. The third-order valence-electron chi connectivity index (χ3n) is 3.36. The quantitative estimate of drug-likeness (QED) is 0.763. The molecule has 0 radical (unpaired) electrons. The molecule has 0 bridgehead atoms. The Labute approximate surface area is 108 Å². The van der Waals surface area contributed by atoms with Gasteiger partial charge in [0.2, 0.25) is 0 Å². The molecule has 0 atom stereocenters. The maximum atomic E-state index is 3.56. The first kappa shape index (κ1) is 14.9. The Hall–Kier alpha value is -0.120. The Balaban J connectivity index is 2.27. The number of nitrogens with zero attached hydrogens (tertiary/aromatic N) is 2. The van der Waals surface area contributed by atoms with Gasteiger partial charge in [0.15, 0.2) is 0 Å². The Morgan fingerprint density at radius 1 is 1.06 bits per heavy atom. The van der Waals surface area contributed by atoms with E-state index in [0.29, 0.717) is 0 Å². The summed E-state index contributed by atoms with van der Waals surface area (Å²) in [6.07, 6.45) is 0. The fourth-order valence-electron chi connectivity index (χ4n) is 2.74. The maximum absolute atomic E-state index is 3.56. The topological polar surface area (TPSA) is 18.5 Å². The van der Waals surface area contributed by atoms with Gasteiger partial charge in [-0.2, -0.15) is 0 Å². The first-order valence-electron chi connectivity index (χ1n) is 7.12. The largest absolute Gasteiger partial charge is 0.311 e. The highest BCUT2D eigenvalue weighted by Crippen LogP contribution is 2.10. The van der Waals surface area contributed by atoms with E-state index in [2.05, 4.69) is 49.7 Å². The van der Waals surface area contributed by atoms with Crippen molar-refractivity contribution in [1.29, 1.82) is 0 Å². The predicted molar refractivity (Wildman–Crippen MR) is 75.5 cm³/mol. The van der Waals surface area contributed by atoms with Crippen molar-refractivity contribution < 1.29 is 0 Å². The van der Waals surface area contributed by atoms with Crippen LogP contribution in [0, 0.1) is 5.92 Å². The molecule has 1 saturated heterocycles. The van der Waals surface area contributed by atoms with Crippen LogP contribution in [0.5, 0.6) is 0 Å². The zero-order valence-corrected chi connectivity index (χ0v) is 12.4. The van der Waals surface area contributed by atoms with Crippen molar-refractivity contribution in [3.8, 4) is 0 Å². The molecule has 1 aliphatic rings. The van der Waals surface area contributed by atoms with Crippen molar-refractivity contribution in [3.05, 3.63) is 0 Å². The Morgan fingerprint density at radius 3 is 2.06 bits per heavy atom. The van der Waals surface area contributed by atoms with E-state index in [0.717, 1.165) is 19.0 Å². The lowest BCUT2D eigenvalue weighted by atomic mass is 10.0. The molecule has 0 amide bonds. The predicted octanol–water partition coefficient (Wildman–Crippen LogP) is 1.65. The van der Waals surface area contributed by atoms with Crippen LogP contribution in [0.2, 0.25) is 0 Å². The molecule has 0 aromatic carbocycles. The van der Waals surface area contributed by atoms with Crippen LogP contribution in [-0.2, 0) is 0 Å². The van der Waals surface area contributed by atoms with Crippen molar-refractivity contribution in [1.82, 2.24) is 15.1 Å². The highest BCUT2D eigenvalue weighted by molar-refractivity contribution is 4.84. The summed E-state index contributed by atoms with van der Waals surface area (Å²) in [7, 11) is 0. The molecule has 0 aromatic rings. The molecule has 1 aliphatic heterocycles. The van der Waals surface area contributed by atoms with Gasteiger partial charge in [-0.3, -0.25) is 4.90 Å². The van der Waals surface area contributed by atoms with E-state index >= 15 is 0 Å². The van der Waals surface area contributed by atoms with Gasteiger partial charge in [-0.15, -0.1) is 0 Å². The lowest BCUT2D eigenvalue weighted by molar-refractivity contribution is 0.101. The Bertz CT molecular complexity index is 206. The summed E-state index contributed by atoms with van der Waals surface area (Å²) in [5.41, 5.74) is 0.245. The van der Waals surface area contributed by atoms with Crippen molar-refractivity contribution >= 4 is 0 Å². The maximum Gasteiger partial charge on any atom is 0.0252 e. The van der Waals surface area contributed by atoms with Crippen molar-refractivity contribution in [2.45, 2.75) is 40.2 Å². The van der Waals surface area contributed by atoms with Gasteiger partial charge >= 0.3 is 0 Å². The Kier molecular flexibility index (Phi) is 5.90. The van der Waals surface area contributed by atoms with Crippen LogP contribution < -0.4 is 5.32 Å². The molecule has 0 aromatic heterocycles. The van der Waals surface area contributed by atoms with E-state index in [1.54, 1.807) is 0 Å². The van der Waals surface area contributed by atoms with Crippen LogP contribution in [0.3, 0.4) is 0 Å². The van der Waals surface area contributed by atoms with E-state index in [9.17, 15) is 0 Å². The summed E-state index contributed by atoms with van der Waals surface area (Å²) >= 11 is 0. The summed E-state index contributed by atoms with van der Waals surface area (Å²) in [6.45, 7) is 19.8. The molecule has 1 N–H and O–H groups in total. The summed E-state index contributed by atoms with van der Waals surface area (Å²) in [6, 6.07) is 0. The second kappa shape index (κ2) is 6.72. The van der Waals surface area contributed by atoms with Crippen molar-refractivity contribution in [3.63, 3.8) is 0 Å². The molecule has 1 heterocycles. The standard InChI is InChI=1S/C14H31N3/c1-6-15-14(4,5)12-17-9-7-16(8-10-17)11-13(2)3/h13,15H,6-12H2,1-5H3. The van der Waals surface area contributed by atoms with Gasteiger partial charge in [0.25, 0.3) is 0 Å². The summed E-state index contributed by atoms with van der Waals surface area (Å²) in [5.74, 6) is 0.791. The molecule has 3 heteroatoms. The van der Waals surface area contributed by atoms with Crippen LogP contribution in [0.25, 0.3) is 0 Å². The fraction of sp³-hybridized carbons (Fsp3) is 1.00. The second-order valence-corrected chi connectivity index (χ2v) is 6.38. The summed E-state index contributed by atoms with van der Waals surface area (Å²) < 4.78 is 0. The number of likely N-dealkylation sites (N-methyl/N-ethyl adjacent to an activating group) is 1. The van der Waals surface area contributed by atoms with Crippen LogP contribution in [0.15, 0.2) is 0 Å². The van der Waals surface area contributed by atoms with Gasteiger partial charge in [-0.25, -0.2) is 0 Å². The van der Waals surface area contributed by atoms with Gasteiger partial charge < -0.3 is 10.2 Å². The molecular weight excluding hydrogens is 210 g/mol. The highest BCUT2D eigenvalue weighted by atomic mass is 15.3. The number of hydrogen-bond donors (Lipinski definition) is 1. The molecule has 0 saturated carbocycles. The van der Waals surface area contributed by atoms with Gasteiger partial charge in [0, 0.05) is 44.8 Å². The molecule has 17 heavy (non-hydrogen) atoms. The normalized spacial score (nSPS) is 20.1. The third kappa shape index (κ3) is 5.84.